The van der Waals surface area contributed by atoms with Crippen LogP contribution in [0.1, 0.15) is 11.1 Å². The molecule has 10 nitrogen and oxygen atoms in total. The lowest BCUT2D eigenvalue weighted by atomic mass is 9.97. The summed E-state index contributed by atoms with van der Waals surface area (Å²) in [5.41, 5.74) is 2.73. The summed E-state index contributed by atoms with van der Waals surface area (Å²) in [6.07, 6.45) is 1.55. The number of carbonyl (C=O) groups is 1. The van der Waals surface area contributed by atoms with Crippen LogP contribution in [-0.4, -0.2) is 88.4 Å². The zero-order chi connectivity index (χ0) is 31.5. The second kappa shape index (κ2) is 13.5. The van der Waals surface area contributed by atoms with Crippen molar-refractivity contribution in [2.24, 2.45) is 0 Å². The lowest BCUT2D eigenvalue weighted by molar-refractivity contribution is -0.145. The van der Waals surface area contributed by atoms with Gasteiger partial charge >= 0.3 is 5.97 Å². The minimum absolute atomic E-state index is 0.00683. The Labute approximate surface area is 269 Å². The summed E-state index contributed by atoms with van der Waals surface area (Å²) in [7, 11) is 2.13. The lowest BCUT2D eigenvalue weighted by Gasteiger charge is -2.32. The van der Waals surface area contributed by atoms with E-state index in [0.717, 1.165) is 54.3 Å². The zero-order valence-electron chi connectivity index (χ0n) is 24.9. The molecule has 3 aromatic heterocycles. The van der Waals surface area contributed by atoms with E-state index in [9.17, 15) is 15.0 Å². The average molecular weight is 649 g/mol. The molecule has 0 amide bonds. The van der Waals surface area contributed by atoms with Crippen molar-refractivity contribution in [3.63, 3.8) is 0 Å². The van der Waals surface area contributed by atoms with Gasteiger partial charge in [-0.2, -0.15) is 0 Å². The smallest absolute Gasteiger partial charge is 0.345 e. The molecule has 0 unspecified atom stereocenters. The van der Waals surface area contributed by atoms with Gasteiger partial charge in [0.1, 0.15) is 35.0 Å². The number of carboxylic acids is 1. The van der Waals surface area contributed by atoms with Gasteiger partial charge in [-0.3, -0.25) is 4.90 Å². The van der Waals surface area contributed by atoms with Crippen molar-refractivity contribution in [2.75, 3.05) is 46.4 Å². The van der Waals surface area contributed by atoms with Crippen molar-refractivity contribution in [1.82, 2.24) is 19.8 Å². The van der Waals surface area contributed by atoms with Crippen LogP contribution in [0.15, 0.2) is 65.5 Å². The van der Waals surface area contributed by atoms with Gasteiger partial charge in [0.25, 0.3) is 0 Å². The largest absolute Gasteiger partial charge is 0.508 e. The molecule has 45 heavy (non-hydrogen) atoms. The summed E-state index contributed by atoms with van der Waals surface area (Å²) in [6.45, 7) is 7.34. The van der Waals surface area contributed by atoms with Gasteiger partial charge in [0, 0.05) is 44.7 Å². The molecule has 0 spiro atoms. The maximum Gasteiger partial charge on any atom is 0.345 e. The molecular formula is C33H33ClN4O6S. The van der Waals surface area contributed by atoms with Crippen molar-refractivity contribution in [3.8, 4) is 39.1 Å². The highest BCUT2D eigenvalue weighted by Gasteiger charge is 2.28. The molecule has 1 aliphatic rings. The van der Waals surface area contributed by atoms with Crippen LogP contribution in [0.5, 0.6) is 17.4 Å². The van der Waals surface area contributed by atoms with Crippen molar-refractivity contribution >= 4 is 39.1 Å². The number of likely N-dealkylation sites (N-methyl/N-ethyl adjacent to an activating group) is 1. The van der Waals surface area contributed by atoms with E-state index < -0.39 is 12.1 Å². The third kappa shape index (κ3) is 6.62. The van der Waals surface area contributed by atoms with E-state index in [1.165, 1.54) is 23.7 Å². The van der Waals surface area contributed by atoms with Gasteiger partial charge in [0.05, 0.1) is 21.5 Å². The minimum atomic E-state index is -1.32. The third-order valence-electron chi connectivity index (χ3n) is 8.01. The molecule has 0 saturated carbocycles. The van der Waals surface area contributed by atoms with E-state index >= 15 is 0 Å². The van der Waals surface area contributed by atoms with E-state index in [4.69, 9.17) is 25.5 Å². The molecule has 12 heteroatoms. The first kappa shape index (κ1) is 30.8. The van der Waals surface area contributed by atoms with Crippen LogP contribution < -0.4 is 9.47 Å². The molecule has 1 saturated heterocycles. The number of para-hydroxylation sites is 1. The Kier molecular flexibility index (Phi) is 9.22. The number of benzene rings is 2. The maximum atomic E-state index is 12.3. The molecule has 0 bridgehead atoms. The number of aliphatic carboxylic acids is 1. The summed E-state index contributed by atoms with van der Waals surface area (Å²) in [4.78, 5) is 27.3. The van der Waals surface area contributed by atoms with Crippen molar-refractivity contribution < 1.29 is 28.9 Å². The molecule has 5 aromatic rings. The number of aromatic nitrogens is 2. The van der Waals surface area contributed by atoms with E-state index in [1.54, 1.807) is 30.5 Å². The van der Waals surface area contributed by atoms with Crippen LogP contribution in [0, 0.1) is 6.92 Å². The van der Waals surface area contributed by atoms with Crippen LogP contribution in [0.4, 0.5) is 0 Å². The van der Waals surface area contributed by atoms with Gasteiger partial charge in [-0.25, -0.2) is 14.8 Å². The Morgan fingerprint density at radius 3 is 2.64 bits per heavy atom. The highest BCUT2D eigenvalue weighted by Crippen LogP contribution is 2.49. The molecule has 234 valence electrons. The quantitative estimate of drug-likeness (QED) is 0.177. The van der Waals surface area contributed by atoms with E-state index in [2.05, 4.69) is 26.8 Å². The van der Waals surface area contributed by atoms with Crippen LogP contribution in [0.2, 0.25) is 5.02 Å². The maximum absolute atomic E-state index is 12.3. The molecule has 0 radical (unpaired) electrons. The van der Waals surface area contributed by atoms with Crippen LogP contribution in [0.3, 0.4) is 0 Å². The zero-order valence-corrected chi connectivity index (χ0v) is 26.5. The second-order valence-corrected chi connectivity index (χ2v) is 12.3. The Morgan fingerprint density at radius 2 is 1.91 bits per heavy atom. The fourth-order valence-electron chi connectivity index (χ4n) is 5.43. The topological polar surface area (TPSA) is 121 Å². The number of piperazine rings is 1. The number of furan rings is 1. The monoisotopic (exact) mass is 648 g/mol. The fraction of sp³-hybridized carbons (Fsp3) is 0.303. The van der Waals surface area contributed by atoms with Gasteiger partial charge in [0.2, 0.25) is 12.0 Å². The number of fused-ring (bicyclic) bond motifs is 1. The summed E-state index contributed by atoms with van der Waals surface area (Å²) >= 11 is 8.31. The molecule has 1 atom stereocenters. The van der Waals surface area contributed by atoms with E-state index in [1.807, 2.05) is 25.1 Å². The number of aromatic hydroxyl groups is 1. The Balaban J connectivity index is 1.36. The number of nitrogens with zero attached hydrogens (tertiary/aromatic N) is 4. The Bertz CT molecular complexity index is 1800. The Hall–Kier alpha value is -4.16. The third-order valence-corrected chi connectivity index (χ3v) is 9.59. The number of phenols is 1. The first-order valence-electron chi connectivity index (χ1n) is 14.6. The highest BCUT2D eigenvalue weighted by atomic mass is 35.5. The standard InChI is InChI=1S/C33H33ClN4O6S/c1-20-22(9-10-24(29(20)34)43-17-15-38-13-11-37(2)12-14-38)27-28-31(35-19-36-32(28)45-30(27)25-8-5-16-42-25)44-26(33(40)41)18-21-6-3-4-7-23(21)39/h3-10,16,19,26,39H,11-15,17-18H2,1-2H3,(H,40,41)/t26-/m1/s1. The average Bonchev–Trinajstić information content (AvgIpc) is 3.70. The number of hydrogen-bond donors (Lipinski definition) is 2. The fourth-order valence-corrected chi connectivity index (χ4v) is 6.77. The number of ether oxygens (including phenoxy) is 2. The summed E-state index contributed by atoms with van der Waals surface area (Å²) in [5.74, 6) is 0.117. The number of rotatable bonds is 11. The van der Waals surface area contributed by atoms with Crippen LogP contribution in [0.25, 0.3) is 32.0 Å². The summed E-state index contributed by atoms with van der Waals surface area (Å²) < 4.78 is 18.0. The van der Waals surface area contributed by atoms with Gasteiger partial charge < -0.3 is 29.0 Å². The molecule has 4 heterocycles. The molecule has 2 N–H and O–H groups in total. The number of halogens is 1. The van der Waals surface area contributed by atoms with Crippen LogP contribution >= 0.6 is 22.9 Å². The Morgan fingerprint density at radius 1 is 1.11 bits per heavy atom. The second-order valence-electron chi connectivity index (χ2n) is 11.0. The number of hydrogen-bond acceptors (Lipinski definition) is 10. The molecule has 6 rings (SSSR count). The molecule has 1 aliphatic heterocycles. The molecule has 1 fully saturated rings. The SMILES string of the molecule is Cc1c(-c2c(-c3ccco3)sc3ncnc(O[C@H](Cc4ccccc4O)C(=O)O)c23)ccc(OCCN2CCN(C)CC2)c1Cl. The van der Waals surface area contributed by atoms with Crippen molar-refractivity contribution in [2.45, 2.75) is 19.4 Å². The predicted octanol–water partition coefficient (Wildman–Crippen LogP) is 5.99. The highest BCUT2D eigenvalue weighted by molar-refractivity contribution is 7.22. The first-order chi connectivity index (χ1) is 21.8. The number of phenolic OH excluding ortho intramolecular Hbond substituents is 1. The van der Waals surface area contributed by atoms with Crippen LogP contribution in [-0.2, 0) is 11.2 Å². The number of thiophene rings is 1. The normalized spacial score (nSPS) is 14.9. The van der Waals surface area contributed by atoms with Gasteiger partial charge in [-0.1, -0.05) is 35.9 Å². The van der Waals surface area contributed by atoms with E-state index in [-0.39, 0.29) is 18.1 Å². The van der Waals surface area contributed by atoms with Gasteiger partial charge in [-0.05, 0) is 54.9 Å². The lowest BCUT2D eigenvalue weighted by Crippen LogP contribution is -2.45. The number of carboxylic acid groups (broad SMARTS) is 1. The van der Waals surface area contributed by atoms with Crippen molar-refractivity contribution in [1.29, 1.82) is 0 Å². The van der Waals surface area contributed by atoms with Gasteiger partial charge in [-0.15, -0.1) is 11.3 Å². The molecule has 0 aliphatic carbocycles. The van der Waals surface area contributed by atoms with Gasteiger partial charge in [0.15, 0.2) is 0 Å². The van der Waals surface area contributed by atoms with E-state index in [0.29, 0.717) is 38.9 Å². The first-order valence-corrected chi connectivity index (χ1v) is 15.8. The summed E-state index contributed by atoms with van der Waals surface area (Å²) in [5, 5.41) is 21.4. The summed E-state index contributed by atoms with van der Waals surface area (Å²) in [6, 6.07) is 14.0. The molecular weight excluding hydrogens is 616 g/mol. The molecule has 2 aromatic carbocycles. The van der Waals surface area contributed by atoms with Crippen molar-refractivity contribution in [3.05, 3.63) is 77.3 Å². The predicted molar refractivity (Wildman–Crippen MR) is 174 cm³/mol. The minimum Gasteiger partial charge on any atom is -0.508 e.